The zero-order chi connectivity index (χ0) is 23.1. The molecule has 3 rings (SSSR count). The van der Waals surface area contributed by atoms with E-state index in [1.807, 2.05) is 69.3 Å². The molecule has 0 radical (unpaired) electrons. The van der Waals surface area contributed by atoms with E-state index in [1.165, 1.54) is 5.56 Å². The molecule has 168 valence electrons. The van der Waals surface area contributed by atoms with Gasteiger partial charge in [-0.2, -0.15) is 0 Å². The summed E-state index contributed by atoms with van der Waals surface area (Å²) >= 11 is 0. The molecule has 0 saturated carbocycles. The number of rotatable bonds is 9. The van der Waals surface area contributed by atoms with E-state index >= 15 is 0 Å². The monoisotopic (exact) mass is 431 g/mol. The fraction of sp³-hybridized carbons (Fsp3) is 0.321. The van der Waals surface area contributed by atoms with Crippen LogP contribution in [0, 0.1) is 13.8 Å². The highest BCUT2D eigenvalue weighted by Crippen LogP contribution is 2.38. The van der Waals surface area contributed by atoms with Gasteiger partial charge in [-0.3, -0.25) is 4.79 Å². The second-order valence-electron chi connectivity index (χ2n) is 8.47. The largest absolute Gasteiger partial charge is 0.485 e. The Bertz CT molecular complexity index is 1030. The van der Waals surface area contributed by atoms with Gasteiger partial charge >= 0.3 is 0 Å². The lowest BCUT2D eigenvalue weighted by molar-refractivity contribution is -0.116. The summed E-state index contributed by atoms with van der Waals surface area (Å²) in [6.45, 7) is 10.8. The molecular formula is C28H33NO3. The van der Waals surface area contributed by atoms with Gasteiger partial charge in [-0.15, -0.1) is 0 Å². The van der Waals surface area contributed by atoms with Crippen molar-refractivity contribution in [1.29, 1.82) is 0 Å². The van der Waals surface area contributed by atoms with E-state index in [-0.39, 0.29) is 5.91 Å². The molecule has 0 aliphatic carbocycles. The minimum absolute atomic E-state index is 0.0286. The van der Waals surface area contributed by atoms with Crippen molar-refractivity contribution in [2.24, 2.45) is 0 Å². The summed E-state index contributed by atoms with van der Waals surface area (Å²) in [5, 5.41) is 2.97. The third-order valence-corrected chi connectivity index (χ3v) is 5.30. The first-order valence-electron chi connectivity index (χ1n) is 11.3. The second-order valence-corrected chi connectivity index (χ2v) is 8.47. The Hall–Kier alpha value is -3.27. The molecular weight excluding hydrogens is 398 g/mol. The molecule has 0 aliphatic rings. The summed E-state index contributed by atoms with van der Waals surface area (Å²) in [6.07, 6.45) is 1.34. The molecule has 3 aromatic rings. The lowest BCUT2D eigenvalue weighted by Crippen LogP contribution is -2.11. The number of nitrogens with one attached hydrogen (secondary N) is 1. The molecule has 0 fully saturated rings. The van der Waals surface area contributed by atoms with Crippen molar-refractivity contribution in [2.45, 2.75) is 60.0 Å². The highest BCUT2D eigenvalue weighted by molar-refractivity contribution is 5.91. The predicted molar refractivity (Wildman–Crippen MR) is 131 cm³/mol. The molecule has 3 aromatic carbocycles. The fourth-order valence-corrected chi connectivity index (χ4v) is 3.56. The van der Waals surface area contributed by atoms with Gasteiger partial charge in [0.1, 0.15) is 12.4 Å². The number of hydrogen-bond donors (Lipinski definition) is 1. The zero-order valence-corrected chi connectivity index (χ0v) is 19.7. The summed E-state index contributed by atoms with van der Waals surface area (Å²) in [6, 6.07) is 20.1. The number of hydrogen-bond acceptors (Lipinski definition) is 3. The number of aryl methyl sites for hydroxylation is 2. The first-order chi connectivity index (χ1) is 15.4. The van der Waals surface area contributed by atoms with Crippen LogP contribution in [-0.2, 0) is 11.4 Å². The number of carbonyl (C=O) groups excluding carboxylic acids is 1. The molecule has 4 heteroatoms. The summed E-state index contributed by atoms with van der Waals surface area (Å²) < 4.78 is 12.6. The maximum Gasteiger partial charge on any atom is 0.224 e. The molecule has 32 heavy (non-hydrogen) atoms. The van der Waals surface area contributed by atoms with Gasteiger partial charge in [-0.25, -0.2) is 0 Å². The van der Waals surface area contributed by atoms with E-state index in [4.69, 9.17) is 9.47 Å². The van der Waals surface area contributed by atoms with Crippen LogP contribution in [0.2, 0.25) is 0 Å². The fourth-order valence-electron chi connectivity index (χ4n) is 3.56. The molecule has 0 aromatic heterocycles. The molecule has 0 unspecified atom stereocenters. The highest BCUT2D eigenvalue weighted by atomic mass is 16.5. The lowest BCUT2D eigenvalue weighted by atomic mass is 10.0. The van der Waals surface area contributed by atoms with Gasteiger partial charge < -0.3 is 14.8 Å². The first-order valence-corrected chi connectivity index (χ1v) is 11.3. The van der Waals surface area contributed by atoms with E-state index in [9.17, 15) is 4.79 Å². The van der Waals surface area contributed by atoms with Crippen LogP contribution in [0.15, 0.2) is 60.7 Å². The van der Waals surface area contributed by atoms with Crippen LogP contribution >= 0.6 is 0 Å². The quantitative estimate of drug-likeness (QED) is 0.381. The first kappa shape index (κ1) is 23.4. The van der Waals surface area contributed by atoms with Crippen molar-refractivity contribution in [3.8, 4) is 17.2 Å². The highest BCUT2D eigenvalue weighted by Gasteiger charge is 2.14. The van der Waals surface area contributed by atoms with Crippen LogP contribution in [0.3, 0.4) is 0 Å². The van der Waals surface area contributed by atoms with Gasteiger partial charge in [-0.05, 0) is 72.7 Å². The molecule has 4 nitrogen and oxygen atoms in total. The molecule has 0 aliphatic heterocycles. The van der Waals surface area contributed by atoms with Crippen molar-refractivity contribution >= 4 is 11.6 Å². The predicted octanol–water partition coefficient (Wildman–Crippen LogP) is 7.54. The van der Waals surface area contributed by atoms with E-state index in [1.54, 1.807) is 0 Å². The van der Waals surface area contributed by atoms with Gasteiger partial charge in [0, 0.05) is 12.1 Å². The van der Waals surface area contributed by atoms with Crippen molar-refractivity contribution in [3.05, 3.63) is 82.9 Å². The van der Waals surface area contributed by atoms with Crippen LogP contribution < -0.4 is 14.8 Å². The molecule has 0 spiro atoms. The lowest BCUT2D eigenvalue weighted by Gasteiger charge is -2.18. The maximum atomic E-state index is 12.0. The molecule has 1 N–H and O–H groups in total. The average molecular weight is 432 g/mol. The van der Waals surface area contributed by atoms with Crippen molar-refractivity contribution in [1.82, 2.24) is 0 Å². The maximum absolute atomic E-state index is 12.0. The number of carbonyl (C=O) groups is 1. The van der Waals surface area contributed by atoms with Crippen LogP contribution in [0.5, 0.6) is 17.2 Å². The average Bonchev–Trinajstić information content (AvgIpc) is 2.76. The van der Waals surface area contributed by atoms with Crippen molar-refractivity contribution < 1.29 is 14.3 Å². The minimum Gasteiger partial charge on any atom is -0.485 e. The number of ether oxygens (including phenoxy) is 2. The van der Waals surface area contributed by atoms with Crippen LogP contribution in [0.25, 0.3) is 0 Å². The minimum atomic E-state index is 0.0286. The Balaban J connectivity index is 1.86. The SMILES string of the molecule is CCCC(=O)Nc1cc(C)c(Oc2ccc(C(C)C)cc2OCc2ccccc2)c(C)c1. The van der Waals surface area contributed by atoms with E-state index < -0.39 is 0 Å². The van der Waals surface area contributed by atoms with Crippen molar-refractivity contribution in [2.75, 3.05) is 5.32 Å². The molecule has 0 atom stereocenters. The van der Waals surface area contributed by atoms with Gasteiger partial charge in [0.25, 0.3) is 0 Å². The molecule has 0 heterocycles. The number of amides is 1. The number of anilines is 1. The van der Waals surface area contributed by atoms with Gasteiger partial charge in [-0.1, -0.05) is 57.2 Å². The summed E-state index contributed by atoms with van der Waals surface area (Å²) in [7, 11) is 0. The second kappa shape index (κ2) is 10.9. The standard InChI is InChI=1S/C28H33NO3/c1-6-10-27(30)29-24-15-20(4)28(21(5)16-24)32-25-14-13-23(19(2)3)17-26(25)31-18-22-11-8-7-9-12-22/h7-9,11-17,19H,6,10,18H2,1-5H3,(H,29,30). The van der Waals surface area contributed by atoms with E-state index in [2.05, 4.69) is 31.3 Å². The van der Waals surface area contributed by atoms with E-state index in [0.29, 0.717) is 24.7 Å². The third kappa shape index (κ3) is 6.13. The summed E-state index contributed by atoms with van der Waals surface area (Å²) in [5.74, 6) is 2.59. The van der Waals surface area contributed by atoms with Crippen molar-refractivity contribution in [3.63, 3.8) is 0 Å². The Morgan fingerprint density at radius 1 is 0.938 bits per heavy atom. The Kier molecular flexibility index (Phi) is 7.93. The summed E-state index contributed by atoms with van der Waals surface area (Å²) in [5.41, 5.74) is 5.01. The smallest absolute Gasteiger partial charge is 0.224 e. The molecule has 0 bridgehead atoms. The molecule has 1 amide bonds. The Labute approximate surface area is 191 Å². The third-order valence-electron chi connectivity index (χ3n) is 5.30. The van der Waals surface area contributed by atoms with Crippen LogP contribution in [0.1, 0.15) is 61.8 Å². The van der Waals surface area contributed by atoms with E-state index in [0.717, 1.165) is 40.3 Å². The van der Waals surface area contributed by atoms with Crippen LogP contribution in [-0.4, -0.2) is 5.91 Å². The Morgan fingerprint density at radius 3 is 2.25 bits per heavy atom. The Morgan fingerprint density at radius 2 is 1.62 bits per heavy atom. The normalized spacial score (nSPS) is 10.8. The number of benzene rings is 3. The van der Waals surface area contributed by atoms with Gasteiger partial charge in [0.2, 0.25) is 5.91 Å². The van der Waals surface area contributed by atoms with Crippen LogP contribution in [0.4, 0.5) is 5.69 Å². The molecule has 0 saturated heterocycles. The summed E-state index contributed by atoms with van der Waals surface area (Å²) in [4.78, 5) is 12.0. The van der Waals surface area contributed by atoms with Gasteiger partial charge in [0.15, 0.2) is 11.5 Å². The topological polar surface area (TPSA) is 47.6 Å². The zero-order valence-electron chi connectivity index (χ0n) is 19.7. The van der Waals surface area contributed by atoms with Gasteiger partial charge in [0.05, 0.1) is 0 Å².